The lowest BCUT2D eigenvalue weighted by atomic mass is 9.85. The standard InChI is InChI=1S/C5H5BClFN2O2/c7-5-4(9)2(8)1-3(10-5)6(11)12/h1,11-12H,9H2. The lowest BCUT2D eigenvalue weighted by molar-refractivity contribution is 0.424. The predicted molar refractivity (Wildman–Crippen MR) is 43.4 cm³/mol. The predicted octanol–water partition coefficient (Wildman–Crippen LogP) is -0.864. The van der Waals surface area contributed by atoms with E-state index in [1.54, 1.807) is 0 Å². The van der Waals surface area contributed by atoms with E-state index in [2.05, 4.69) is 4.98 Å². The highest BCUT2D eigenvalue weighted by molar-refractivity contribution is 6.57. The van der Waals surface area contributed by atoms with Gasteiger partial charge in [0.15, 0.2) is 5.15 Å². The minimum Gasteiger partial charge on any atom is -0.422 e. The summed E-state index contributed by atoms with van der Waals surface area (Å²) in [5.74, 6) is -0.821. The Morgan fingerprint density at radius 2 is 2.17 bits per heavy atom. The zero-order valence-electron chi connectivity index (χ0n) is 5.83. The van der Waals surface area contributed by atoms with Crippen molar-refractivity contribution in [3.05, 3.63) is 17.0 Å². The van der Waals surface area contributed by atoms with Crippen molar-refractivity contribution in [1.29, 1.82) is 0 Å². The van der Waals surface area contributed by atoms with Gasteiger partial charge in [-0.25, -0.2) is 9.37 Å². The lowest BCUT2D eigenvalue weighted by Gasteiger charge is -2.02. The SMILES string of the molecule is Nc1c(F)cc(B(O)O)nc1Cl. The summed E-state index contributed by atoms with van der Waals surface area (Å²) in [4.78, 5) is 3.43. The fourth-order valence-electron chi connectivity index (χ4n) is 0.644. The molecule has 0 aromatic carbocycles. The number of anilines is 1. The molecule has 1 heterocycles. The molecular formula is C5H5BClFN2O2. The molecule has 0 saturated heterocycles. The number of halogens is 2. The first-order valence-electron chi connectivity index (χ1n) is 3.00. The smallest absolute Gasteiger partial charge is 0.422 e. The summed E-state index contributed by atoms with van der Waals surface area (Å²) in [5, 5.41) is 16.9. The van der Waals surface area contributed by atoms with Gasteiger partial charge < -0.3 is 15.8 Å². The maximum atomic E-state index is 12.7. The summed E-state index contributed by atoms with van der Waals surface area (Å²) in [6.07, 6.45) is 0. The first-order valence-corrected chi connectivity index (χ1v) is 3.37. The number of rotatable bonds is 1. The van der Waals surface area contributed by atoms with Crippen LogP contribution >= 0.6 is 11.6 Å². The van der Waals surface area contributed by atoms with Crippen molar-refractivity contribution in [2.24, 2.45) is 0 Å². The van der Waals surface area contributed by atoms with E-state index in [1.165, 1.54) is 0 Å². The highest BCUT2D eigenvalue weighted by Crippen LogP contribution is 2.16. The Hall–Kier alpha value is -0.845. The topological polar surface area (TPSA) is 79.4 Å². The van der Waals surface area contributed by atoms with Crippen molar-refractivity contribution in [1.82, 2.24) is 4.98 Å². The van der Waals surface area contributed by atoms with E-state index in [-0.39, 0.29) is 16.4 Å². The molecule has 1 aromatic rings. The van der Waals surface area contributed by atoms with E-state index in [0.717, 1.165) is 6.07 Å². The number of aromatic nitrogens is 1. The minimum atomic E-state index is -1.85. The first-order chi connectivity index (χ1) is 5.52. The molecular weight excluding hydrogens is 185 g/mol. The first kappa shape index (κ1) is 9.24. The molecule has 0 atom stereocenters. The highest BCUT2D eigenvalue weighted by atomic mass is 35.5. The van der Waals surface area contributed by atoms with Crippen LogP contribution in [0.4, 0.5) is 10.1 Å². The molecule has 0 spiro atoms. The molecule has 0 aliphatic heterocycles. The number of nitrogens with two attached hydrogens (primary N) is 1. The van der Waals surface area contributed by atoms with Crippen LogP contribution in [0.5, 0.6) is 0 Å². The van der Waals surface area contributed by atoms with Gasteiger partial charge in [-0.15, -0.1) is 0 Å². The summed E-state index contributed by atoms with van der Waals surface area (Å²) < 4.78 is 12.7. The van der Waals surface area contributed by atoms with Crippen molar-refractivity contribution in [3.8, 4) is 0 Å². The van der Waals surface area contributed by atoms with Crippen LogP contribution in [0, 0.1) is 5.82 Å². The number of pyridine rings is 1. The molecule has 0 saturated carbocycles. The van der Waals surface area contributed by atoms with E-state index in [0.29, 0.717) is 0 Å². The number of nitrogens with zero attached hydrogens (tertiary/aromatic N) is 1. The van der Waals surface area contributed by atoms with Gasteiger partial charge in [-0.05, 0) is 6.07 Å². The van der Waals surface area contributed by atoms with Crippen LogP contribution in [0.15, 0.2) is 6.07 Å². The monoisotopic (exact) mass is 190 g/mol. The molecule has 4 nitrogen and oxygen atoms in total. The summed E-state index contributed by atoms with van der Waals surface area (Å²) in [7, 11) is -1.85. The molecule has 0 fully saturated rings. The van der Waals surface area contributed by atoms with Gasteiger partial charge in [0.1, 0.15) is 11.5 Å². The van der Waals surface area contributed by atoms with E-state index in [9.17, 15) is 4.39 Å². The van der Waals surface area contributed by atoms with Crippen LogP contribution in [0.1, 0.15) is 0 Å². The largest absolute Gasteiger partial charge is 0.508 e. The fraction of sp³-hybridized carbons (Fsp3) is 0. The quantitative estimate of drug-likeness (QED) is 0.397. The Morgan fingerprint density at radius 1 is 1.58 bits per heavy atom. The van der Waals surface area contributed by atoms with Crippen molar-refractivity contribution < 1.29 is 14.4 Å². The molecule has 0 aliphatic carbocycles. The molecule has 0 bridgehead atoms. The Labute approximate surface area is 72.9 Å². The molecule has 0 amide bonds. The molecule has 1 rings (SSSR count). The molecule has 12 heavy (non-hydrogen) atoms. The third-order valence-corrected chi connectivity index (χ3v) is 1.53. The zero-order chi connectivity index (χ0) is 9.30. The zero-order valence-corrected chi connectivity index (χ0v) is 6.59. The van der Waals surface area contributed by atoms with Gasteiger partial charge in [-0.2, -0.15) is 0 Å². The third-order valence-electron chi connectivity index (χ3n) is 1.25. The van der Waals surface area contributed by atoms with Crippen LogP contribution in [0.25, 0.3) is 0 Å². The lowest BCUT2D eigenvalue weighted by Crippen LogP contribution is -2.33. The molecule has 4 N–H and O–H groups in total. The summed E-state index contributed by atoms with van der Waals surface area (Å²) in [6, 6.07) is 0.811. The maximum absolute atomic E-state index is 12.7. The molecule has 7 heteroatoms. The van der Waals surface area contributed by atoms with Crippen LogP contribution in [-0.2, 0) is 0 Å². The van der Waals surface area contributed by atoms with Gasteiger partial charge in [0.2, 0.25) is 0 Å². The number of hydrogen-bond donors (Lipinski definition) is 3. The Kier molecular flexibility index (Phi) is 2.51. The normalized spacial score (nSPS) is 10.0. The van der Waals surface area contributed by atoms with E-state index in [4.69, 9.17) is 27.4 Å². The van der Waals surface area contributed by atoms with Crippen molar-refractivity contribution in [2.45, 2.75) is 0 Å². The second-order valence-corrected chi connectivity index (χ2v) is 2.47. The number of hydrogen-bond acceptors (Lipinski definition) is 4. The van der Waals surface area contributed by atoms with Crippen LogP contribution in [0.3, 0.4) is 0 Å². The van der Waals surface area contributed by atoms with Crippen LogP contribution < -0.4 is 11.3 Å². The van der Waals surface area contributed by atoms with Gasteiger partial charge >= 0.3 is 7.12 Å². The van der Waals surface area contributed by atoms with E-state index >= 15 is 0 Å². The second-order valence-electron chi connectivity index (χ2n) is 2.11. The van der Waals surface area contributed by atoms with Gasteiger partial charge in [-0.1, -0.05) is 11.6 Å². The van der Waals surface area contributed by atoms with E-state index < -0.39 is 12.9 Å². The fourth-order valence-corrected chi connectivity index (χ4v) is 0.832. The highest BCUT2D eigenvalue weighted by Gasteiger charge is 2.17. The Balaban J connectivity index is 3.21. The summed E-state index contributed by atoms with van der Waals surface area (Å²) in [5.41, 5.74) is 4.54. The summed E-state index contributed by atoms with van der Waals surface area (Å²) >= 11 is 5.36. The average Bonchev–Trinajstić information content (AvgIpc) is 1.99. The molecule has 0 unspecified atom stereocenters. The number of nitrogen functional groups attached to an aromatic ring is 1. The molecule has 64 valence electrons. The van der Waals surface area contributed by atoms with Gasteiger partial charge in [0.05, 0.1) is 5.59 Å². The molecule has 0 radical (unpaired) electrons. The van der Waals surface area contributed by atoms with Gasteiger partial charge in [-0.3, -0.25) is 0 Å². The summed E-state index contributed by atoms with van der Waals surface area (Å²) in [6.45, 7) is 0. The average molecular weight is 190 g/mol. The maximum Gasteiger partial charge on any atom is 0.508 e. The van der Waals surface area contributed by atoms with E-state index in [1.807, 2.05) is 0 Å². The van der Waals surface area contributed by atoms with Gasteiger partial charge in [0, 0.05) is 0 Å². The van der Waals surface area contributed by atoms with Crippen LogP contribution in [0.2, 0.25) is 5.15 Å². The van der Waals surface area contributed by atoms with Crippen LogP contribution in [-0.4, -0.2) is 22.2 Å². The second kappa shape index (κ2) is 3.26. The molecule has 0 aliphatic rings. The minimum absolute atomic E-state index is 0.272. The molecule has 1 aromatic heterocycles. The van der Waals surface area contributed by atoms with Crippen molar-refractivity contribution >= 4 is 30.0 Å². The van der Waals surface area contributed by atoms with Gasteiger partial charge in [0.25, 0.3) is 0 Å². The Morgan fingerprint density at radius 3 is 2.58 bits per heavy atom. The van der Waals surface area contributed by atoms with Crippen molar-refractivity contribution in [3.63, 3.8) is 0 Å². The Bertz CT molecular complexity index is 286. The third kappa shape index (κ3) is 1.66. The van der Waals surface area contributed by atoms with Crippen molar-refractivity contribution in [2.75, 3.05) is 5.73 Å².